The highest BCUT2D eigenvalue weighted by Gasteiger charge is 2.18. The highest BCUT2D eigenvalue weighted by Crippen LogP contribution is 2.23. The van der Waals surface area contributed by atoms with E-state index in [9.17, 15) is 4.79 Å². The summed E-state index contributed by atoms with van der Waals surface area (Å²) in [4.78, 5) is 21.1. The van der Waals surface area contributed by atoms with Crippen LogP contribution < -0.4 is 5.56 Å². The minimum Gasteiger partial charge on any atom is -0.309 e. The van der Waals surface area contributed by atoms with Gasteiger partial charge in [-0.3, -0.25) is 4.79 Å². The zero-order valence-corrected chi connectivity index (χ0v) is 10.2. The summed E-state index contributed by atoms with van der Waals surface area (Å²) in [5, 5.41) is 0.700. The monoisotopic (exact) mass is 222 g/mol. The van der Waals surface area contributed by atoms with Crippen molar-refractivity contribution >= 4 is 21.6 Å². The number of thiophene rings is 1. The first kappa shape index (κ1) is 10.4. The lowest BCUT2D eigenvalue weighted by atomic mass is 9.96. The van der Waals surface area contributed by atoms with Crippen LogP contribution in [0.5, 0.6) is 0 Å². The molecule has 0 aromatic carbocycles. The van der Waals surface area contributed by atoms with E-state index in [-0.39, 0.29) is 11.0 Å². The number of aromatic amines is 1. The molecule has 0 saturated heterocycles. The van der Waals surface area contributed by atoms with Crippen LogP contribution in [0.3, 0.4) is 0 Å². The van der Waals surface area contributed by atoms with Crippen molar-refractivity contribution in [3.8, 4) is 0 Å². The molecule has 2 heterocycles. The van der Waals surface area contributed by atoms with E-state index >= 15 is 0 Å². The quantitative estimate of drug-likeness (QED) is 0.744. The Morgan fingerprint density at radius 1 is 1.40 bits per heavy atom. The van der Waals surface area contributed by atoms with Crippen LogP contribution in [0.4, 0.5) is 0 Å². The lowest BCUT2D eigenvalue weighted by Gasteiger charge is -2.16. The molecule has 4 heteroatoms. The van der Waals surface area contributed by atoms with E-state index in [1.54, 1.807) is 11.3 Å². The van der Waals surface area contributed by atoms with Crippen molar-refractivity contribution in [2.75, 3.05) is 0 Å². The molecular formula is C11H14N2OS. The fourth-order valence-electron chi connectivity index (χ4n) is 1.41. The first-order valence-electron chi connectivity index (χ1n) is 4.89. The number of aryl methyl sites for hydroxylation is 1. The van der Waals surface area contributed by atoms with Crippen LogP contribution in [-0.4, -0.2) is 9.97 Å². The SMILES string of the molecule is Cc1cc2c(=O)[nH]c(C(C)(C)C)nc2s1. The van der Waals surface area contributed by atoms with E-state index in [1.807, 2.05) is 33.8 Å². The van der Waals surface area contributed by atoms with Crippen molar-refractivity contribution < 1.29 is 0 Å². The molecule has 2 rings (SSSR count). The van der Waals surface area contributed by atoms with Crippen molar-refractivity contribution in [2.24, 2.45) is 0 Å². The van der Waals surface area contributed by atoms with E-state index in [0.717, 1.165) is 15.5 Å². The second-order valence-corrected chi connectivity index (χ2v) is 5.98. The third-order valence-corrected chi connectivity index (χ3v) is 3.18. The Labute approximate surface area is 92.2 Å². The maximum absolute atomic E-state index is 11.8. The summed E-state index contributed by atoms with van der Waals surface area (Å²) < 4.78 is 0. The average molecular weight is 222 g/mol. The van der Waals surface area contributed by atoms with Crippen molar-refractivity contribution in [1.82, 2.24) is 9.97 Å². The second-order valence-electron chi connectivity index (χ2n) is 4.74. The number of nitrogens with zero attached hydrogens (tertiary/aromatic N) is 1. The number of rotatable bonds is 0. The average Bonchev–Trinajstić information content (AvgIpc) is 2.44. The molecule has 0 aliphatic carbocycles. The molecule has 0 fully saturated rings. The number of nitrogens with one attached hydrogen (secondary N) is 1. The molecular weight excluding hydrogens is 208 g/mol. The van der Waals surface area contributed by atoms with Gasteiger partial charge in [-0.25, -0.2) is 4.98 Å². The molecule has 0 aliphatic heterocycles. The lowest BCUT2D eigenvalue weighted by Crippen LogP contribution is -2.21. The molecule has 0 amide bonds. The predicted molar refractivity (Wildman–Crippen MR) is 63.7 cm³/mol. The summed E-state index contributed by atoms with van der Waals surface area (Å²) in [6, 6.07) is 1.89. The lowest BCUT2D eigenvalue weighted by molar-refractivity contribution is 0.546. The van der Waals surface area contributed by atoms with Gasteiger partial charge in [-0.2, -0.15) is 0 Å². The Balaban J connectivity index is 2.78. The highest BCUT2D eigenvalue weighted by atomic mass is 32.1. The van der Waals surface area contributed by atoms with E-state index in [4.69, 9.17) is 0 Å². The highest BCUT2D eigenvalue weighted by molar-refractivity contribution is 7.18. The van der Waals surface area contributed by atoms with Crippen molar-refractivity contribution in [3.05, 3.63) is 27.1 Å². The minimum absolute atomic E-state index is 0.0331. The van der Waals surface area contributed by atoms with E-state index in [2.05, 4.69) is 9.97 Å². The van der Waals surface area contributed by atoms with Crippen LogP contribution in [0.15, 0.2) is 10.9 Å². The summed E-state index contributed by atoms with van der Waals surface area (Å²) >= 11 is 1.57. The van der Waals surface area contributed by atoms with Crippen molar-refractivity contribution in [1.29, 1.82) is 0 Å². The van der Waals surface area contributed by atoms with Crippen LogP contribution >= 0.6 is 11.3 Å². The zero-order chi connectivity index (χ0) is 11.2. The van der Waals surface area contributed by atoms with Gasteiger partial charge >= 0.3 is 0 Å². The van der Waals surface area contributed by atoms with Crippen LogP contribution in [0, 0.1) is 6.92 Å². The molecule has 0 saturated carbocycles. The maximum atomic E-state index is 11.8. The van der Waals surface area contributed by atoms with E-state index in [0.29, 0.717) is 5.39 Å². The van der Waals surface area contributed by atoms with Crippen LogP contribution in [0.25, 0.3) is 10.2 Å². The van der Waals surface area contributed by atoms with Gasteiger partial charge in [0.25, 0.3) is 5.56 Å². The normalized spacial score (nSPS) is 12.3. The molecule has 2 aromatic heterocycles. The number of hydrogen-bond donors (Lipinski definition) is 1. The minimum atomic E-state index is -0.120. The number of H-pyrrole nitrogens is 1. The molecule has 0 unspecified atom stereocenters. The summed E-state index contributed by atoms with van der Waals surface area (Å²) in [5.41, 5.74) is -0.153. The fourth-order valence-corrected chi connectivity index (χ4v) is 2.29. The Kier molecular flexibility index (Phi) is 2.19. The first-order chi connectivity index (χ1) is 6.88. The van der Waals surface area contributed by atoms with Crippen LogP contribution in [-0.2, 0) is 5.41 Å². The molecule has 0 aliphatic rings. The maximum Gasteiger partial charge on any atom is 0.259 e. The van der Waals surface area contributed by atoms with Crippen molar-refractivity contribution in [3.63, 3.8) is 0 Å². The van der Waals surface area contributed by atoms with Crippen LogP contribution in [0.1, 0.15) is 31.5 Å². The van der Waals surface area contributed by atoms with Gasteiger partial charge in [0.1, 0.15) is 10.7 Å². The van der Waals surface area contributed by atoms with Gasteiger partial charge in [-0.1, -0.05) is 20.8 Å². The largest absolute Gasteiger partial charge is 0.309 e. The second kappa shape index (κ2) is 3.17. The molecule has 15 heavy (non-hydrogen) atoms. The molecule has 1 N–H and O–H groups in total. The Hall–Kier alpha value is -1.16. The number of fused-ring (bicyclic) bond motifs is 1. The van der Waals surface area contributed by atoms with Crippen LogP contribution in [0.2, 0.25) is 0 Å². The fraction of sp³-hybridized carbons (Fsp3) is 0.455. The van der Waals surface area contributed by atoms with Gasteiger partial charge in [0.05, 0.1) is 5.39 Å². The topological polar surface area (TPSA) is 45.8 Å². The Bertz CT molecular complexity index is 560. The molecule has 0 spiro atoms. The van der Waals surface area contributed by atoms with E-state index < -0.39 is 0 Å². The Morgan fingerprint density at radius 3 is 2.67 bits per heavy atom. The molecule has 0 atom stereocenters. The molecule has 3 nitrogen and oxygen atoms in total. The van der Waals surface area contributed by atoms with Gasteiger partial charge in [-0.15, -0.1) is 11.3 Å². The summed E-state index contributed by atoms with van der Waals surface area (Å²) in [6.45, 7) is 8.11. The smallest absolute Gasteiger partial charge is 0.259 e. The molecule has 0 bridgehead atoms. The van der Waals surface area contributed by atoms with Gasteiger partial charge in [-0.05, 0) is 13.0 Å². The number of aromatic nitrogens is 2. The molecule has 2 aromatic rings. The summed E-state index contributed by atoms with van der Waals surface area (Å²) in [7, 11) is 0. The van der Waals surface area contributed by atoms with Gasteiger partial charge < -0.3 is 4.98 Å². The standard InChI is InChI=1S/C11H14N2OS/c1-6-5-7-8(14)12-10(11(2,3)4)13-9(7)15-6/h5H,1-4H3,(H,12,13,14). The number of hydrogen-bond acceptors (Lipinski definition) is 3. The zero-order valence-electron chi connectivity index (χ0n) is 9.34. The Morgan fingerprint density at radius 2 is 2.07 bits per heavy atom. The van der Waals surface area contributed by atoms with E-state index in [1.165, 1.54) is 0 Å². The first-order valence-corrected chi connectivity index (χ1v) is 5.70. The van der Waals surface area contributed by atoms with Gasteiger partial charge in [0.2, 0.25) is 0 Å². The molecule has 80 valence electrons. The summed E-state index contributed by atoms with van der Waals surface area (Å²) in [5.74, 6) is 0.752. The van der Waals surface area contributed by atoms with Gasteiger partial charge in [0, 0.05) is 10.3 Å². The van der Waals surface area contributed by atoms with Crippen molar-refractivity contribution in [2.45, 2.75) is 33.1 Å². The summed E-state index contributed by atoms with van der Waals surface area (Å²) in [6.07, 6.45) is 0. The predicted octanol–water partition coefficient (Wildman–Crippen LogP) is 2.59. The third-order valence-electron chi connectivity index (χ3n) is 2.24. The third kappa shape index (κ3) is 1.81. The van der Waals surface area contributed by atoms with Gasteiger partial charge in [0.15, 0.2) is 0 Å². The molecule has 0 radical (unpaired) electrons.